The molecule has 198 valence electrons. The Hall–Kier alpha value is -1.76. The summed E-state index contributed by atoms with van der Waals surface area (Å²) in [7, 11) is 0. The third-order valence-electron chi connectivity index (χ3n) is 5.95. The number of nitriles is 1. The van der Waals surface area contributed by atoms with Gasteiger partial charge < -0.3 is 15.0 Å². The Kier molecular flexibility index (Phi) is 14.4. The van der Waals surface area contributed by atoms with Crippen LogP contribution in [0.3, 0.4) is 0 Å². The Labute approximate surface area is 210 Å². The molecule has 2 N–H and O–H groups in total. The van der Waals surface area contributed by atoms with E-state index in [1.807, 2.05) is 0 Å². The number of benzene rings is 1. The minimum atomic E-state index is -4.72. The van der Waals surface area contributed by atoms with Crippen molar-refractivity contribution >= 4 is 22.8 Å². The molecule has 35 heavy (non-hydrogen) atoms. The van der Waals surface area contributed by atoms with Crippen molar-refractivity contribution in [1.82, 2.24) is 0 Å². The van der Waals surface area contributed by atoms with Crippen molar-refractivity contribution in [3.05, 3.63) is 29.3 Å². The molecule has 1 aromatic rings. The number of amides is 1. The van der Waals surface area contributed by atoms with Gasteiger partial charge in [0, 0.05) is 5.69 Å². The second kappa shape index (κ2) is 16.1. The summed E-state index contributed by atoms with van der Waals surface area (Å²) in [6.07, 6.45) is 6.61. The molecule has 0 aliphatic rings. The zero-order chi connectivity index (χ0) is 26.3. The van der Waals surface area contributed by atoms with Gasteiger partial charge in [0.1, 0.15) is 17.1 Å². The van der Waals surface area contributed by atoms with Crippen LogP contribution < -0.4 is 5.32 Å². The van der Waals surface area contributed by atoms with Crippen LogP contribution in [0.25, 0.3) is 0 Å². The molecule has 1 aromatic carbocycles. The van der Waals surface area contributed by atoms with Crippen LogP contribution in [-0.4, -0.2) is 32.7 Å². The Morgan fingerprint density at radius 1 is 1.03 bits per heavy atom. The Morgan fingerprint density at radius 2 is 1.57 bits per heavy atom. The number of hydrogen-bond acceptors (Lipinski definition) is 4. The molecule has 0 fully saturated rings. The number of aliphatic hydroxyl groups is 1. The van der Waals surface area contributed by atoms with E-state index in [1.165, 1.54) is 38.3 Å². The van der Waals surface area contributed by atoms with Gasteiger partial charge in [-0.1, -0.05) is 63.0 Å². The van der Waals surface area contributed by atoms with Gasteiger partial charge in [-0.3, -0.25) is 4.79 Å². The van der Waals surface area contributed by atoms with Gasteiger partial charge in [0.2, 0.25) is 0 Å². The van der Waals surface area contributed by atoms with E-state index >= 15 is 0 Å². The molecule has 1 rings (SSSR count). The maximum Gasteiger partial charge on any atom is 0.417 e. The van der Waals surface area contributed by atoms with Crippen LogP contribution in [0, 0.1) is 11.3 Å². The maximum atomic E-state index is 13.1. The summed E-state index contributed by atoms with van der Waals surface area (Å²) in [5.74, 6) is 0.752. The molecule has 9 heteroatoms. The van der Waals surface area contributed by atoms with Gasteiger partial charge in [0.05, 0.1) is 17.2 Å². The second-order valence-corrected chi connectivity index (χ2v) is 10.9. The van der Waals surface area contributed by atoms with E-state index < -0.39 is 40.0 Å². The SMILES string of the molecule is CCCCCCC[S+]([O-])CCCCCCCC[C@](C)(O)C(=O)Nc1ccc(C#N)c(C(F)(F)F)c1. The topological polar surface area (TPSA) is 96.2 Å². The quantitative estimate of drug-likeness (QED) is 0.177. The first-order valence-corrected chi connectivity index (χ1v) is 14.0. The van der Waals surface area contributed by atoms with Crippen LogP contribution in [-0.2, 0) is 22.1 Å². The van der Waals surface area contributed by atoms with Gasteiger partial charge in [-0.15, -0.1) is 0 Å². The van der Waals surface area contributed by atoms with E-state index in [1.54, 1.807) is 0 Å². The summed E-state index contributed by atoms with van der Waals surface area (Å²) < 4.78 is 51.3. The van der Waals surface area contributed by atoms with E-state index in [0.29, 0.717) is 12.5 Å². The minimum absolute atomic E-state index is 0.125. The van der Waals surface area contributed by atoms with Crippen LogP contribution >= 0.6 is 0 Å². The van der Waals surface area contributed by atoms with Gasteiger partial charge in [0.15, 0.2) is 0 Å². The third-order valence-corrected chi connectivity index (χ3v) is 7.44. The number of nitrogens with one attached hydrogen (secondary N) is 1. The number of carbonyl (C=O) groups is 1. The van der Waals surface area contributed by atoms with Crippen molar-refractivity contribution in [3.8, 4) is 6.07 Å². The lowest BCUT2D eigenvalue weighted by Crippen LogP contribution is -2.40. The van der Waals surface area contributed by atoms with Crippen LogP contribution in [0.1, 0.15) is 102 Å². The summed E-state index contributed by atoms with van der Waals surface area (Å²) in [5, 5.41) is 21.7. The number of rotatable bonds is 17. The van der Waals surface area contributed by atoms with Crippen LogP contribution in [0.4, 0.5) is 18.9 Å². The smallest absolute Gasteiger partial charge is 0.417 e. The maximum absolute atomic E-state index is 13.1. The summed E-state index contributed by atoms with van der Waals surface area (Å²) in [5.41, 5.74) is -3.51. The number of halogens is 3. The van der Waals surface area contributed by atoms with Crippen molar-refractivity contribution in [2.45, 2.75) is 103 Å². The highest BCUT2D eigenvalue weighted by atomic mass is 32.2. The average molecular weight is 517 g/mol. The normalized spacial score (nSPS) is 14.2. The highest BCUT2D eigenvalue weighted by molar-refractivity contribution is 7.91. The average Bonchev–Trinajstić information content (AvgIpc) is 2.80. The molecule has 0 saturated heterocycles. The molecule has 0 aliphatic heterocycles. The highest BCUT2D eigenvalue weighted by Crippen LogP contribution is 2.33. The van der Waals surface area contributed by atoms with Gasteiger partial charge in [0.25, 0.3) is 5.91 Å². The summed E-state index contributed by atoms with van der Waals surface area (Å²) >= 11 is -0.733. The standard InChI is InChI=1S/C26H39F3N2O3S/c1-3-4-5-9-12-17-35(34)18-13-10-7-6-8-11-16-25(2,33)24(32)31-22-15-14-21(20-30)23(19-22)26(27,28)29/h14-15,19,33H,3-13,16-18H2,1-2H3,(H,31,32)/t25-,35?/m0/s1. The first kappa shape index (κ1) is 31.3. The fourth-order valence-electron chi connectivity index (χ4n) is 3.74. The predicted octanol–water partition coefficient (Wildman–Crippen LogP) is 6.72. The van der Waals surface area contributed by atoms with Crippen molar-refractivity contribution in [3.63, 3.8) is 0 Å². The van der Waals surface area contributed by atoms with E-state index in [4.69, 9.17) is 5.26 Å². The first-order valence-electron chi connectivity index (χ1n) is 12.5. The van der Waals surface area contributed by atoms with Crippen molar-refractivity contribution in [2.24, 2.45) is 0 Å². The number of anilines is 1. The van der Waals surface area contributed by atoms with Gasteiger partial charge in [-0.05, 0) is 57.2 Å². The predicted molar refractivity (Wildman–Crippen MR) is 134 cm³/mol. The van der Waals surface area contributed by atoms with Gasteiger partial charge >= 0.3 is 6.18 Å². The molecular formula is C26H39F3N2O3S. The van der Waals surface area contributed by atoms with Gasteiger partial charge in [-0.25, -0.2) is 0 Å². The molecule has 1 amide bonds. The molecule has 0 spiro atoms. The van der Waals surface area contributed by atoms with E-state index in [0.717, 1.165) is 62.5 Å². The number of nitrogens with zero attached hydrogens (tertiary/aromatic N) is 1. The van der Waals surface area contributed by atoms with Crippen LogP contribution in [0.15, 0.2) is 18.2 Å². The summed E-state index contributed by atoms with van der Waals surface area (Å²) in [6.45, 7) is 3.52. The zero-order valence-electron chi connectivity index (χ0n) is 20.9. The van der Waals surface area contributed by atoms with E-state index in [2.05, 4.69) is 12.2 Å². The summed E-state index contributed by atoms with van der Waals surface area (Å²) in [4.78, 5) is 12.4. The lowest BCUT2D eigenvalue weighted by Gasteiger charge is -2.22. The molecular weight excluding hydrogens is 477 g/mol. The van der Waals surface area contributed by atoms with Gasteiger partial charge in [-0.2, -0.15) is 18.4 Å². The number of hydrogen-bond donors (Lipinski definition) is 2. The Bertz CT molecular complexity index is 810. The molecule has 2 atom stereocenters. The molecule has 0 aromatic heterocycles. The lowest BCUT2D eigenvalue weighted by atomic mass is 9.96. The molecule has 0 aliphatic carbocycles. The van der Waals surface area contributed by atoms with Crippen LogP contribution in [0.5, 0.6) is 0 Å². The molecule has 1 unspecified atom stereocenters. The van der Waals surface area contributed by atoms with E-state index in [-0.39, 0.29) is 12.1 Å². The largest absolute Gasteiger partial charge is 0.616 e. The summed E-state index contributed by atoms with van der Waals surface area (Å²) in [6, 6.07) is 4.39. The number of unbranched alkanes of at least 4 members (excludes halogenated alkanes) is 9. The highest BCUT2D eigenvalue weighted by Gasteiger charge is 2.35. The molecule has 0 heterocycles. The molecule has 0 saturated carbocycles. The molecule has 0 bridgehead atoms. The minimum Gasteiger partial charge on any atom is -0.616 e. The van der Waals surface area contributed by atoms with Crippen LogP contribution in [0.2, 0.25) is 0 Å². The monoisotopic (exact) mass is 516 g/mol. The fourth-order valence-corrected chi connectivity index (χ4v) is 5.00. The zero-order valence-corrected chi connectivity index (χ0v) is 21.7. The Balaban J connectivity index is 2.27. The first-order chi connectivity index (χ1) is 16.5. The Morgan fingerprint density at radius 3 is 2.11 bits per heavy atom. The number of alkyl halides is 3. The van der Waals surface area contributed by atoms with Crippen molar-refractivity contribution < 1.29 is 27.6 Å². The molecule has 5 nitrogen and oxygen atoms in total. The second-order valence-electron chi connectivity index (χ2n) is 9.23. The fraction of sp³-hybridized carbons (Fsp3) is 0.692. The molecule has 0 radical (unpaired) electrons. The van der Waals surface area contributed by atoms with Crippen molar-refractivity contribution in [2.75, 3.05) is 16.8 Å². The lowest BCUT2D eigenvalue weighted by molar-refractivity contribution is -0.138. The number of carbonyl (C=O) groups excluding carboxylic acids is 1. The van der Waals surface area contributed by atoms with Crippen molar-refractivity contribution in [1.29, 1.82) is 5.26 Å². The third kappa shape index (κ3) is 12.7. The van der Waals surface area contributed by atoms with E-state index in [9.17, 15) is 27.6 Å².